The third kappa shape index (κ3) is 11.4. The molecule has 3 fully saturated rings. The Kier molecular flexibility index (Phi) is 16.1. The molecule has 0 bridgehead atoms. The largest absolute Gasteiger partial charge is 0.481 e. The first-order chi connectivity index (χ1) is 26.9. The van der Waals surface area contributed by atoms with E-state index in [4.69, 9.17) is 0 Å². The van der Waals surface area contributed by atoms with Crippen LogP contribution in [0.2, 0.25) is 0 Å². The van der Waals surface area contributed by atoms with Gasteiger partial charge in [0, 0.05) is 33.2 Å². The Labute approximate surface area is 357 Å². The zero-order valence-electron chi connectivity index (χ0n) is 39.6. The summed E-state index contributed by atoms with van der Waals surface area (Å²) in [6.45, 7) is 25.9. The second kappa shape index (κ2) is 18.6. The SMILES string of the molecule is CCCCCCCCCCCCCC(C(=O)O)(C1CC(C)(C)NC(C)(C)C1)C(C(=O)O)(C1CC(C)(C)NC(C)(C)C1)C(CC(=O)O)(C(=O)O)C1CC(C)(C)NC(C)(C)C1. The lowest BCUT2D eigenvalue weighted by molar-refractivity contribution is -0.243. The van der Waals surface area contributed by atoms with Gasteiger partial charge in [0.15, 0.2) is 0 Å². The molecule has 0 aliphatic carbocycles. The Morgan fingerprint density at radius 1 is 0.441 bits per heavy atom. The molecule has 342 valence electrons. The number of rotatable bonds is 22. The van der Waals surface area contributed by atoms with Crippen molar-refractivity contribution in [1.82, 2.24) is 16.0 Å². The highest BCUT2D eigenvalue weighted by atomic mass is 16.4. The van der Waals surface area contributed by atoms with Crippen molar-refractivity contribution in [3.05, 3.63) is 0 Å². The molecule has 3 aliphatic heterocycles. The summed E-state index contributed by atoms with van der Waals surface area (Å²) < 4.78 is 0. The van der Waals surface area contributed by atoms with Crippen molar-refractivity contribution in [2.24, 2.45) is 34.0 Å². The molecule has 0 amide bonds. The average molecular weight is 834 g/mol. The predicted octanol–water partition coefficient (Wildman–Crippen LogP) is 10.0. The third-order valence-electron chi connectivity index (χ3n) is 14.7. The fourth-order valence-electron chi connectivity index (χ4n) is 14.2. The summed E-state index contributed by atoms with van der Waals surface area (Å²) in [5.41, 5.74) is -11.3. The summed E-state index contributed by atoms with van der Waals surface area (Å²) in [4.78, 5) is 59.3. The first-order valence-corrected chi connectivity index (χ1v) is 23.2. The number of aliphatic carboxylic acids is 4. The van der Waals surface area contributed by atoms with E-state index < -0.39 is 97.5 Å². The minimum absolute atomic E-state index is 0.0559. The predicted molar refractivity (Wildman–Crippen MR) is 236 cm³/mol. The molecule has 59 heavy (non-hydrogen) atoms. The van der Waals surface area contributed by atoms with E-state index in [1.807, 2.05) is 83.1 Å². The number of carbonyl (C=O) groups is 4. The van der Waals surface area contributed by atoms with Gasteiger partial charge in [0.05, 0.1) is 17.3 Å². The maximum absolute atomic E-state index is 15.5. The number of carboxylic acids is 4. The number of unbranched alkanes of at least 4 members (excludes halogenated alkanes) is 10. The van der Waals surface area contributed by atoms with Crippen molar-refractivity contribution < 1.29 is 39.6 Å². The average Bonchev–Trinajstić information content (AvgIpc) is 3.00. The van der Waals surface area contributed by atoms with Crippen LogP contribution in [0.5, 0.6) is 0 Å². The van der Waals surface area contributed by atoms with E-state index >= 15 is 9.59 Å². The zero-order valence-corrected chi connectivity index (χ0v) is 39.6. The van der Waals surface area contributed by atoms with E-state index in [9.17, 15) is 30.0 Å². The van der Waals surface area contributed by atoms with E-state index in [2.05, 4.69) is 22.9 Å². The molecule has 11 heteroatoms. The molecule has 0 aromatic heterocycles. The van der Waals surface area contributed by atoms with Crippen molar-refractivity contribution >= 4 is 23.9 Å². The van der Waals surface area contributed by atoms with E-state index in [0.717, 1.165) is 25.7 Å². The lowest BCUT2D eigenvalue weighted by Crippen LogP contribution is -2.76. The molecule has 3 heterocycles. The number of hydrogen-bond acceptors (Lipinski definition) is 7. The molecule has 3 saturated heterocycles. The van der Waals surface area contributed by atoms with Crippen molar-refractivity contribution in [3.8, 4) is 0 Å². The Morgan fingerprint density at radius 3 is 1.02 bits per heavy atom. The number of nitrogens with one attached hydrogen (secondary N) is 3. The molecule has 3 aliphatic rings. The normalized spacial score (nSPS) is 25.8. The first kappa shape index (κ1) is 51.1. The van der Waals surface area contributed by atoms with Crippen LogP contribution in [0, 0.1) is 34.0 Å². The molecule has 7 N–H and O–H groups in total. The van der Waals surface area contributed by atoms with Gasteiger partial charge in [-0.15, -0.1) is 0 Å². The van der Waals surface area contributed by atoms with Gasteiger partial charge in [-0.25, -0.2) is 0 Å². The minimum atomic E-state index is -2.55. The van der Waals surface area contributed by atoms with Gasteiger partial charge in [0.2, 0.25) is 0 Å². The van der Waals surface area contributed by atoms with Gasteiger partial charge < -0.3 is 36.4 Å². The molecule has 3 atom stereocenters. The van der Waals surface area contributed by atoms with Crippen molar-refractivity contribution in [3.63, 3.8) is 0 Å². The van der Waals surface area contributed by atoms with Crippen LogP contribution in [0.1, 0.15) is 212 Å². The molecule has 0 spiro atoms. The summed E-state index contributed by atoms with van der Waals surface area (Å²) in [5.74, 6) is -8.55. The highest BCUT2D eigenvalue weighted by Crippen LogP contribution is 2.72. The molecule has 0 saturated carbocycles. The minimum Gasteiger partial charge on any atom is -0.481 e. The highest BCUT2D eigenvalue weighted by molar-refractivity contribution is 5.96. The zero-order chi connectivity index (χ0) is 45.1. The topological polar surface area (TPSA) is 185 Å². The molecule has 0 radical (unpaired) electrons. The van der Waals surface area contributed by atoms with Crippen LogP contribution < -0.4 is 16.0 Å². The van der Waals surface area contributed by atoms with Gasteiger partial charge in [0.1, 0.15) is 5.41 Å². The fraction of sp³-hybridized carbons (Fsp3) is 0.917. The highest BCUT2D eigenvalue weighted by Gasteiger charge is 2.81. The first-order valence-electron chi connectivity index (χ1n) is 23.2. The van der Waals surface area contributed by atoms with Crippen LogP contribution in [0.3, 0.4) is 0 Å². The van der Waals surface area contributed by atoms with E-state index in [-0.39, 0.29) is 32.1 Å². The van der Waals surface area contributed by atoms with Crippen LogP contribution in [-0.4, -0.2) is 77.5 Å². The van der Waals surface area contributed by atoms with E-state index in [1.54, 1.807) is 0 Å². The van der Waals surface area contributed by atoms with E-state index in [1.165, 1.54) is 32.1 Å². The van der Waals surface area contributed by atoms with Crippen LogP contribution in [0.25, 0.3) is 0 Å². The Balaban J connectivity index is 2.50. The number of hydrogen-bond donors (Lipinski definition) is 7. The van der Waals surface area contributed by atoms with Crippen LogP contribution >= 0.6 is 0 Å². The number of carboxylic acid groups (broad SMARTS) is 4. The molecular weight excluding hydrogens is 747 g/mol. The van der Waals surface area contributed by atoms with Crippen molar-refractivity contribution in [2.75, 3.05) is 0 Å². The Morgan fingerprint density at radius 2 is 0.729 bits per heavy atom. The molecular formula is C48H87N3O8. The Bertz CT molecular complexity index is 1440. The monoisotopic (exact) mass is 834 g/mol. The molecule has 0 aromatic rings. The maximum atomic E-state index is 15.5. The van der Waals surface area contributed by atoms with Gasteiger partial charge in [-0.05, 0) is 146 Å². The summed E-state index contributed by atoms with van der Waals surface area (Å²) in [5, 5.41) is 59.2. The lowest BCUT2D eigenvalue weighted by Gasteiger charge is -2.67. The molecule has 3 unspecified atom stereocenters. The quantitative estimate of drug-likeness (QED) is 0.0515. The van der Waals surface area contributed by atoms with Crippen LogP contribution in [-0.2, 0) is 19.2 Å². The van der Waals surface area contributed by atoms with Crippen LogP contribution in [0.15, 0.2) is 0 Å². The van der Waals surface area contributed by atoms with Gasteiger partial charge in [0.25, 0.3) is 0 Å². The van der Waals surface area contributed by atoms with Gasteiger partial charge >= 0.3 is 23.9 Å². The van der Waals surface area contributed by atoms with Crippen molar-refractivity contribution in [2.45, 2.75) is 245 Å². The second-order valence-corrected chi connectivity index (χ2v) is 23.5. The van der Waals surface area contributed by atoms with Crippen molar-refractivity contribution in [1.29, 1.82) is 0 Å². The summed E-state index contributed by atoms with van der Waals surface area (Å²) >= 11 is 0. The Hall–Kier alpha value is -2.24. The summed E-state index contributed by atoms with van der Waals surface area (Å²) in [6.07, 6.45) is 11.5. The maximum Gasteiger partial charge on any atom is 0.312 e. The van der Waals surface area contributed by atoms with E-state index in [0.29, 0.717) is 25.7 Å². The smallest absolute Gasteiger partial charge is 0.312 e. The fourth-order valence-corrected chi connectivity index (χ4v) is 14.2. The summed E-state index contributed by atoms with van der Waals surface area (Å²) in [7, 11) is 0. The molecule has 3 rings (SSSR count). The molecule has 11 nitrogen and oxygen atoms in total. The standard InChI is InChI=1S/C48H87N3O8/c1-14-15-16-17-18-19-20-21-22-23-24-25-46(37(54)55,33-26-40(2,3)49-41(4,5)27-33)48(39(58)59,35-30-44(10,11)51-45(12,13)31-35)47(38(56)57,32-36(52)53)34-28-42(6,7)50-43(8,9)29-34/h33-35,49-51H,14-32H2,1-13H3,(H,52,53)(H,54,55)(H,56,57)(H,58,59). The van der Waals surface area contributed by atoms with Gasteiger partial charge in [-0.2, -0.15) is 0 Å². The second-order valence-electron chi connectivity index (χ2n) is 23.5. The third-order valence-corrected chi connectivity index (χ3v) is 14.7. The van der Waals surface area contributed by atoms with Gasteiger partial charge in [-0.3, -0.25) is 19.2 Å². The van der Waals surface area contributed by atoms with Crippen LogP contribution in [0.4, 0.5) is 0 Å². The number of piperidine rings is 3. The molecule has 0 aromatic carbocycles. The van der Waals surface area contributed by atoms with Gasteiger partial charge in [-0.1, -0.05) is 77.6 Å². The summed E-state index contributed by atoms with van der Waals surface area (Å²) in [6, 6.07) is 0. The lowest BCUT2D eigenvalue weighted by atomic mass is 9.35.